The van der Waals surface area contributed by atoms with Gasteiger partial charge in [-0.3, -0.25) is 4.79 Å². The molecule has 0 saturated heterocycles. The standard InChI is InChI=1S/C13H15NO5/c1-19-8-4-5-10(15)9(6-8)12(16)14-11(13(17)18)7-2-3-7/h4-7,11,15H,2-3H2,1H3,(H,14,16)(H,17,18). The van der Waals surface area contributed by atoms with Crippen molar-refractivity contribution in [2.45, 2.75) is 18.9 Å². The number of carboxylic acid groups (broad SMARTS) is 1. The summed E-state index contributed by atoms with van der Waals surface area (Å²) in [5.74, 6) is -1.48. The van der Waals surface area contributed by atoms with Gasteiger partial charge >= 0.3 is 5.97 Å². The zero-order chi connectivity index (χ0) is 14.0. The summed E-state index contributed by atoms with van der Waals surface area (Å²) in [5.41, 5.74) is 0.00579. The summed E-state index contributed by atoms with van der Waals surface area (Å²) < 4.78 is 4.96. The molecule has 0 spiro atoms. The molecule has 0 aliphatic heterocycles. The van der Waals surface area contributed by atoms with Crippen molar-refractivity contribution in [3.8, 4) is 11.5 Å². The molecule has 2 rings (SSSR count). The number of aromatic hydroxyl groups is 1. The van der Waals surface area contributed by atoms with E-state index < -0.39 is 17.9 Å². The zero-order valence-electron chi connectivity index (χ0n) is 10.4. The number of ether oxygens (including phenoxy) is 1. The van der Waals surface area contributed by atoms with Gasteiger partial charge in [0.15, 0.2) is 0 Å². The average molecular weight is 265 g/mol. The first-order valence-corrected chi connectivity index (χ1v) is 5.93. The average Bonchev–Trinajstić information content (AvgIpc) is 3.20. The maximum absolute atomic E-state index is 12.0. The number of phenolic OH excluding ortho intramolecular Hbond substituents is 1. The first-order chi connectivity index (χ1) is 9.02. The van der Waals surface area contributed by atoms with Crippen LogP contribution in [0.5, 0.6) is 11.5 Å². The highest BCUT2D eigenvalue weighted by Crippen LogP contribution is 2.33. The third kappa shape index (κ3) is 2.96. The predicted molar refractivity (Wildman–Crippen MR) is 66.3 cm³/mol. The van der Waals surface area contributed by atoms with Crippen LogP contribution in [0.2, 0.25) is 0 Å². The second-order valence-corrected chi connectivity index (χ2v) is 4.51. The van der Waals surface area contributed by atoms with Crippen LogP contribution in [0.25, 0.3) is 0 Å². The van der Waals surface area contributed by atoms with Crippen molar-refractivity contribution in [2.75, 3.05) is 7.11 Å². The molecule has 1 aromatic carbocycles. The van der Waals surface area contributed by atoms with Gasteiger partial charge in [-0.1, -0.05) is 0 Å². The Morgan fingerprint density at radius 1 is 1.42 bits per heavy atom. The maximum Gasteiger partial charge on any atom is 0.326 e. The van der Waals surface area contributed by atoms with Crippen molar-refractivity contribution in [2.24, 2.45) is 5.92 Å². The quantitative estimate of drug-likeness (QED) is 0.738. The normalized spacial score (nSPS) is 15.6. The minimum Gasteiger partial charge on any atom is -0.507 e. The van der Waals surface area contributed by atoms with Crippen LogP contribution in [0.1, 0.15) is 23.2 Å². The highest BCUT2D eigenvalue weighted by Gasteiger charge is 2.37. The Labute approximate surface area is 110 Å². The molecule has 1 unspecified atom stereocenters. The van der Waals surface area contributed by atoms with Crippen molar-refractivity contribution < 1.29 is 24.5 Å². The van der Waals surface area contributed by atoms with Gasteiger partial charge in [-0.15, -0.1) is 0 Å². The Kier molecular flexibility index (Phi) is 3.59. The van der Waals surface area contributed by atoms with Crippen molar-refractivity contribution in [1.82, 2.24) is 5.32 Å². The van der Waals surface area contributed by atoms with Crippen LogP contribution in [-0.4, -0.2) is 35.2 Å². The summed E-state index contributed by atoms with van der Waals surface area (Å²) in [6.07, 6.45) is 1.59. The molecular weight excluding hydrogens is 250 g/mol. The summed E-state index contributed by atoms with van der Waals surface area (Å²) in [4.78, 5) is 23.0. The van der Waals surface area contributed by atoms with Crippen LogP contribution >= 0.6 is 0 Å². The molecule has 1 atom stereocenters. The number of carbonyl (C=O) groups excluding carboxylic acids is 1. The molecule has 6 nitrogen and oxygen atoms in total. The smallest absolute Gasteiger partial charge is 0.326 e. The van der Waals surface area contributed by atoms with Crippen molar-refractivity contribution in [3.63, 3.8) is 0 Å². The van der Waals surface area contributed by atoms with Gasteiger partial charge in [-0.25, -0.2) is 4.79 Å². The molecular formula is C13H15NO5. The van der Waals surface area contributed by atoms with E-state index in [-0.39, 0.29) is 17.2 Å². The number of carboxylic acids is 1. The van der Waals surface area contributed by atoms with Crippen molar-refractivity contribution in [3.05, 3.63) is 23.8 Å². The summed E-state index contributed by atoms with van der Waals surface area (Å²) >= 11 is 0. The molecule has 0 aromatic heterocycles. The molecule has 1 fully saturated rings. The Bertz CT molecular complexity index is 510. The Morgan fingerprint density at radius 2 is 2.11 bits per heavy atom. The molecule has 1 saturated carbocycles. The number of amides is 1. The van der Waals surface area contributed by atoms with Crippen LogP contribution in [0, 0.1) is 5.92 Å². The molecule has 19 heavy (non-hydrogen) atoms. The van der Waals surface area contributed by atoms with Crippen molar-refractivity contribution in [1.29, 1.82) is 0 Å². The molecule has 1 aliphatic rings. The summed E-state index contributed by atoms with van der Waals surface area (Å²) in [6, 6.07) is 3.32. The Balaban J connectivity index is 2.16. The molecule has 1 amide bonds. The lowest BCUT2D eigenvalue weighted by molar-refractivity contribution is -0.139. The number of carbonyl (C=O) groups is 2. The fourth-order valence-electron chi connectivity index (χ4n) is 1.85. The van der Waals surface area contributed by atoms with Crippen LogP contribution < -0.4 is 10.1 Å². The van der Waals surface area contributed by atoms with E-state index >= 15 is 0 Å². The van der Waals surface area contributed by atoms with Gasteiger partial charge in [0.2, 0.25) is 0 Å². The van der Waals surface area contributed by atoms with E-state index in [0.717, 1.165) is 12.8 Å². The molecule has 6 heteroatoms. The van der Waals surface area contributed by atoms with Crippen LogP contribution in [0.3, 0.4) is 0 Å². The first kappa shape index (κ1) is 13.2. The van der Waals surface area contributed by atoms with Crippen LogP contribution in [0.15, 0.2) is 18.2 Å². The predicted octanol–water partition coefficient (Wildman–Crippen LogP) is 0.994. The highest BCUT2D eigenvalue weighted by atomic mass is 16.5. The SMILES string of the molecule is COc1ccc(O)c(C(=O)NC(C(=O)O)C2CC2)c1. The topological polar surface area (TPSA) is 95.9 Å². The van der Waals surface area contributed by atoms with Crippen molar-refractivity contribution >= 4 is 11.9 Å². The first-order valence-electron chi connectivity index (χ1n) is 5.93. The number of methoxy groups -OCH3 is 1. The molecule has 102 valence electrons. The third-order valence-corrected chi connectivity index (χ3v) is 3.09. The van der Waals surface area contributed by atoms with Gasteiger partial charge in [0.05, 0.1) is 12.7 Å². The lowest BCUT2D eigenvalue weighted by Gasteiger charge is -2.14. The second kappa shape index (κ2) is 5.17. The summed E-state index contributed by atoms with van der Waals surface area (Å²) in [6.45, 7) is 0. The van der Waals surface area contributed by atoms with Gasteiger partial charge in [0, 0.05) is 0 Å². The number of phenols is 1. The number of hydrogen-bond donors (Lipinski definition) is 3. The molecule has 1 aromatic rings. The summed E-state index contributed by atoms with van der Waals surface area (Å²) in [5, 5.41) is 21.1. The van der Waals surface area contributed by atoms with E-state index in [2.05, 4.69) is 5.32 Å². The second-order valence-electron chi connectivity index (χ2n) is 4.51. The molecule has 0 radical (unpaired) electrons. The van der Waals surface area contributed by atoms with Crippen LogP contribution in [0.4, 0.5) is 0 Å². The van der Waals surface area contributed by atoms with E-state index in [1.165, 1.54) is 25.3 Å². The molecule has 0 bridgehead atoms. The number of aliphatic carboxylic acids is 1. The molecule has 3 N–H and O–H groups in total. The van der Waals surface area contributed by atoms with Gasteiger partial charge in [-0.05, 0) is 37.0 Å². The van der Waals surface area contributed by atoms with Gasteiger partial charge in [0.25, 0.3) is 5.91 Å². The number of nitrogens with one attached hydrogen (secondary N) is 1. The largest absolute Gasteiger partial charge is 0.507 e. The third-order valence-electron chi connectivity index (χ3n) is 3.09. The van der Waals surface area contributed by atoms with E-state index in [4.69, 9.17) is 9.84 Å². The monoisotopic (exact) mass is 265 g/mol. The lowest BCUT2D eigenvalue weighted by atomic mass is 10.1. The minimum absolute atomic E-state index is 0.00579. The van der Waals surface area contributed by atoms with E-state index in [9.17, 15) is 14.7 Å². The van der Waals surface area contributed by atoms with E-state index in [1.54, 1.807) is 0 Å². The van der Waals surface area contributed by atoms with E-state index in [0.29, 0.717) is 5.75 Å². The van der Waals surface area contributed by atoms with E-state index in [1.807, 2.05) is 0 Å². The minimum atomic E-state index is -1.06. The number of rotatable bonds is 5. The highest BCUT2D eigenvalue weighted by molar-refractivity contribution is 5.99. The Hall–Kier alpha value is -2.24. The van der Waals surface area contributed by atoms with Gasteiger partial charge in [0.1, 0.15) is 17.5 Å². The fraction of sp³-hybridized carbons (Fsp3) is 0.385. The molecule has 0 heterocycles. The Morgan fingerprint density at radius 3 is 2.63 bits per heavy atom. The zero-order valence-corrected chi connectivity index (χ0v) is 10.4. The van der Waals surface area contributed by atoms with Gasteiger partial charge in [-0.2, -0.15) is 0 Å². The van der Waals surface area contributed by atoms with Crippen LogP contribution in [-0.2, 0) is 4.79 Å². The fourth-order valence-corrected chi connectivity index (χ4v) is 1.85. The number of hydrogen-bond acceptors (Lipinski definition) is 4. The number of benzene rings is 1. The summed E-state index contributed by atoms with van der Waals surface area (Å²) in [7, 11) is 1.44. The molecule has 1 aliphatic carbocycles. The maximum atomic E-state index is 12.0. The van der Waals surface area contributed by atoms with Gasteiger partial charge < -0.3 is 20.3 Å². The lowest BCUT2D eigenvalue weighted by Crippen LogP contribution is -2.42.